The number of ether oxygens (including phenoxy) is 2. The highest BCUT2D eigenvalue weighted by Crippen LogP contribution is 2.72. The van der Waals surface area contributed by atoms with E-state index in [1.807, 2.05) is 36.4 Å². The SMILES string of the molecule is C=C1C=C[C@@]2(C)C(=C1)[C@@H](F)C[C@H]1[C@@H]3C[C@H]4O[C@@H](c5ccc(Cc6cccc(NC(=O)[C@H](C)CC(=O)[C@H](C)NC(=O)CCN7C(=O)C=CC7=O)c6)cc5)O[C@@]4(C(=O)CO)[C@@]3(C)C[C@H](O)[C@@]12F. The second kappa shape index (κ2) is 17.1. The van der Waals surface area contributed by atoms with E-state index in [9.17, 15) is 39.0 Å². The Labute approximate surface area is 376 Å². The summed E-state index contributed by atoms with van der Waals surface area (Å²) in [6.45, 7) is 9.45. The summed E-state index contributed by atoms with van der Waals surface area (Å²) in [5.41, 5.74) is -2.89. The van der Waals surface area contributed by atoms with Gasteiger partial charge in [-0.3, -0.25) is 33.7 Å². The van der Waals surface area contributed by atoms with Crippen LogP contribution in [0.4, 0.5) is 14.5 Å². The highest BCUT2D eigenvalue weighted by molar-refractivity contribution is 6.13. The molecule has 4 N–H and O–H groups in total. The fraction of sp³-hybridized carbons (Fsp3) is 0.480. The van der Waals surface area contributed by atoms with Gasteiger partial charge in [0.25, 0.3) is 11.8 Å². The number of halogens is 2. The first-order chi connectivity index (χ1) is 30.7. The average molecular weight is 896 g/mol. The minimum atomic E-state index is -2.24. The molecule has 1 saturated heterocycles. The van der Waals surface area contributed by atoms with E-state index in [4.69, 9.17) is 9.47 Å². The number of aliphatic hydroxyl groups excluding tert-OH is 2. The van der Waals surface area contributed by atoms with Crippen molar-refractivity contribution in [2.24, 2.45) is 28.6 Å². The van der Waals surface area contributed by atoms with E-state index in [1.54, 1.807) is 51.1 Å². The predicted molar refractivity (Wildman–Crippen MR) is 233 cm³/mol. The number of hydrogen-bond acceptors (Lipinski definition) is 10. The van der Waals surface area contributed by atoms with E-state index in [0.29, 0.717) is 23.2 Å². The molecule has 4 fully saturated rings. The molecular formula is C50H55F2N3O10. The third kappa shape index (κ3) is 7.63. The number of ketones is 2. The standard InChI is InChI=1S/C50H55F2N3O10/c1-27-15-17-47(4)36(19-27)37(51)23-35-34-24-41-50(40(59)26-56,48(34,5)25-39(58)49(35,47)52)65-46(64-41)32-11-9-30(10-12-32)21-31-7-6-8-33(22-31)54-45(63)28(2)20-38(57)29(3)53-42(60)16-18-55-43(61)13-14-44(55)62/h6-15,17,19,22,28-29,34-35,37,39,41,46,56,58H,1,16,18,20-21,23-26H2,2-5H3,(H,53,60)(H,54,63)/t28-,29+,34+,35+,37+,39+,41-,46-,47+,48+,49+,50-/m1/s1. The van der Waals surface area contributed by atoms with Crippen LogP contribution in [-0.2, 0) is 44.7 Å². The monoisotopic (exact) mass is 895 g/mol. The van der Waals surface area contributed by atoms with Crippen molar-refractivity contribution >= 4 is 40.9 Å². The first kappa shape index (κ1) is 46.1. The molecule has 4 amide bonds. The summed E-state index contributed by atoms with van der Waals surface area (Å²) in [6, 6.07) is 13.8. The van der Waals surface area contributed by atoms with Gasteiger partial charge in [0.15, 0.2) is 29.1 Å². The zero-order chi connectivity index (χ0) is 46.8. The van der Waals surface area contributed by atoms with Crippen LogP contribution in [0.2, 0.25) is 0 Å². The molecule has 15 heteroatoms. The highest BCUT2D eigenvalue weighted by Gasteiger charge is 2.80. The minimum Gasteiger partial charge on any atom is -0.390 e. The Balaban J connectivity index is 0.887. The number of alkyl halides is 2. The molecule has 4 aliphatic carbocycles. The third-order valence-corrected chi connectivity index (χ3v) is 15.2. The molecule has 2 heterocycles. The average Bonchev–Trinajstić information content (AvgIpc) is 3.89. The van der Waals surface area contributed by atoms with Gasteiger partial charge in [0.2, 0.25) is 11.8 Å². The summed E-state index contributed by atoms with van der Waals surface area (Å²) >= 11 is 0. The van der Waals surface area contributed by atoms with Crippen molar-refractivity contribution in [2.45, 2.75) is 108 Å². The van der Waals surface area contributed by atoms with Gasteiger partial charge in [0.05, 0.1) is 18.2 Å². The predicted octanol–water partition coefficient (Wildman–Crippen LogP) is 5.26. The number of nitrogens with zero attached hydrogens (tertiary/aromatic N) is 1. The van der Waals surface area contributed by atoms with Crippen LogP contribution >= 0.6 is 0 Å². The molecule has 12 atom stereocenters. The van der Waals surface area contributed by atoms with E-state index in [-0.39, 0.29) is 55.9 Å². The molecule has 0 bridgehead atoms. The number of Topliss-reactive ketones (excluding diaryl/α,β-unsaturated/α-hetero) is 2. The summed E-state index contributed by atoms with van der Waals surface area (Å²) in [5.74, 6) is -5.19. The number of aliphatic hydroxyl groups is 2. The van der Waals surface area contributed by atoms with Gasteiger partial charge >= 0.3 is 0 Å². The number of benzene rings is 2. The molecule has 0 unspecified atom stereocenters. The van der Waals surface area contributed by atoms with Gasteiger partial charge in [-0.15, -0.1) is 0 Å². The minimum absolute atomic E-state index is 0.111. The van der Waals surface area contributed by atoms with E-state index in [0.717, 1.165) is 28.2 Å². The molecule has 65 heavy (non-hydrogen) atoms. The van der Waals surface area contributed by atoms with Gasteiger partial charge in [-0.2, -0.15) is 0 Å². The van der Waals surface area contributed by atoms with Crippen molar-refractivity contribution in [1.29, 1.82) is 0 Å². The number of allylic oxidation sites excluding steroid dienone is 5. The topological polar surface area (TPSA) is 189 Å². The van der Waals surface area contributed by atoms with Gasteiger partial charge in [0, 0.05) is 65.5 Å². The van der Waals surface area contributed by atoms with Crippen molar-refractivity contribution in [2.75, 3.05) is 18.5 Å². The third-order valence-electron chi connectivity index (χ3n) is 15.2. The molecule has 0 aromatic heterocycles. The Morgan fingerprint density at radius 2 is 1.69 bits per heavy atom. The van der Waals surface area contributed by atoms with Gasteiger partial charge in [-0.1, -0.05) is 75.1 Å². The Morgan fingerprint density at radius 1 is 0.985 bits per heavy atom. The van der Waals surface area contributed by atoms with Crippen LogP contribution in [0.5, 0.6) is 0 Å². The maximum Gasteiger partial charge on any atom is 0.253 e. The van der Waals surface area contributed by atoms with Crippen LogP contribution in [0.25, 0.3) is 0 Å². The highest BCUT2D eigenvalue weighted by atomic mass is 19.1. The summed E-state index contributed by atoms with van der Waals surface area (Å²) in [7, 11) is 0. The molecule has 2 aliphatic heterocycles. The largest absolute Gasteiger partial charge is 0.390 e. The molecule has 2 aromatic carbocycles. The quantitative estimate of drug-likeness (QED) is 0.182. The van der Waals surface area contributed by atoms with E-state index in [2.05, 4.69) is 17.2 Å². The molecule has 13 nitrogen and oxygen atoms in total. The zero-order valence-corrected chi connectivity index (χ0v) is 36.9. The van der Waals surface area contributed by atoms with Crippen LogP contribution in [0.1, 0.15) is 82.8 Å². The molecule has 3 saturated carbocycles. The van der Waals surface area contributed by atoms with Crippen molar-refractivity contribution in [3.8, 4) is 0 Å². The molecule has 344 valence electrons. The zero-order valence-electron chi connectivity index (χ0n) is 36.9. The maximum atomic E-state index is 17.8. The number of anilines is 1. The molecule has 6 aliphatic rings. The lowest BCUT2D eigenvalue weighted by atomic mass is 9.44. The van der Waals surface area contributed by atoms with Crippen LogP contribution in [0.3, 0.4) is 0 Å². The van der Waals surface area contributed by atoms with E-state index < -0.39 is 101 Å². The van der Waals surface area contributed by atoms with Crippen molar-refractivity contribution in [3.63, 3.8) is 0 Å². The number of carbonyl (C=O) groups is 6. The van der Waals surface area contributed by atoms with Gasteiger partial charge in [-0.25, -0.2) is 8.78 Å². The summed E-state index contributed by atoms with van der Waals surface area (Å²) in [6.07, 6.45) is 2.11. The van der Waals surface area contributed by atoms with Crippen molar-refractivity contribution < 1.29 is 57.2 Å². The van der Waals surface area contributed by atoms with Gasteiger partial charge in [0.1, 0.15) is 12.8 Å². The number of carbonyl (C=O) groups excluding carboxylic acids is 6. The fourth-order valence-corrected chi connectivity index (χ4v) is 11.7. The molecule has 0 spiro atoms. The Hall–Kier alpha value is -5.48. The smallest absolute Gasteiger partial charge is 0.253 e. The van der Waals surface area contributed by atoms with Crippen LogP contribution in [0, 0.1) is 28.6 Å². The van der Waals surface area contributed by atoms with Crippen LogP contribution < -0.4 is 10.6 Å². The number of fused-ring (bicyclic) bond motifs is 7. The van der Waals surface area contributed by atoms with Gasteiger partial charge < -0.3 is 30.3 Å². The first-order valence-corrected chi connectivity index (χ1v) is 22.2. The summed E-state index contributed by atoms with van der Waals surface area (Å²) in [4.78, 5) is 76.8. The lowest BCUT2D eigenvalue weighted by molar-refractivity contribution is -0.235. The fourth-order valence-electron chi connectivity index (χ4n) is 11.7. The summed E-state index contributed by atoms with van der Waals surface area (Å²) < 4.78 is 47.0. The number of imide groups is 1. The molecule has 0 radical (unpaired) electrons. The summed E-state index contributed by atoms with van der Waals surface area (Å²) in [5, 5.41) is 27.6. The van der Waals surface area contributed by atoms with Crippen molar-refractivity contribution in [3.05, 3.63) is 113 Å². The van der Waals surface area contributed by atoms with E-state index in [1.165, 1.54) is 6.92 Å². The van der Waals surface area contributed by atoms with Crippen LogP contribution in [0.15, 0.2) is 96.6 Å². The second-order valence-electron chi connectivity index (χ2n) is 19.0. The Kier molecular flexibility index (Phi) is 12.1. The number of amides is 4. The first-order valence-electron chi connectivity index (χ1n) is 22.2. The lowest BCUT2D eigenvalue weighted by Gasteiger charge is -2.63. The normalized spacial score (nSPS) is 34.2. The van der Waals surface area contributed by atoms with Crippen molar-refractivity contribution in [1.82, 2.24) is 10.2 Å². The Morgan fingerprint density at radius 3 is 2.38 bits per heavy atom. The van der Waals surface area contributed by atoms with Crippen LogP contribution in [-0.4, -0.2) is 99.2 Å². The molecule has 2 aromatic rings. The second-order valence-corrected chi connectivity index (χ2v) is 19.0. The maximum absolute atomic E-state index is 17.8. The lowest BCUT2D eigenvalue weighted by Crippen LogP contribution is -2.70. The van der Waals surface area contributed by atoms with E-state index >= 15 is 8.78 Å². The number of nitrogens with one attached hydrogen (secondary N) is 2. The molecule has 8 rings (SSSR count). The molecular weight excluding hydrogens is 841 g/mol. The number of hydrogen-bond donors (Lipinski definition) is 4. The number of rotatable bonds is 14. The Bertz CT molecular complexity index is 2420. The van der Waals surface area contributed by atoms with Gasteiger partial charge in [-0.05, 0) is 79.9 Å².